The molecule has 5 rings (SSSR count). The van der Waals surface area contributed by atoms with Crippen LogP contribution in [0.5, 0.6) is 11.5 Å². The van der Waals surface area contributed by atoms with E-state index in [1.54, 1.807) is 24.3 Å². The molecule has 0 aliphatic heterocycles. The van der Waals surface area contributed by atoms with Crippen molar-refractivity contribution in [3.05, 3.63) is 88.5 Å². The van der Waals surface area contributed by atoms with Crippen LogP contribution in [-0.2, 0) is 6.61 Å². The molecule has 5 aromatic rings. The molecular weight excluding hydrogens is 520 g/mol. The van der Waals surface area contributed by atoms with Crippen LogP contribution in [-0.4, -0.2) is 36.8 Å². The number of fused-ring (bicyclic) bond motifs is 1. The highest BCUT2D eigenvalue weighted by Gasteiger charge is 2.19. The number of nitrogens with one attached hydrogen (secondary N) is 2. The smallest absolute Gasteiger partial charge is 0.227 e. The third-order valence-corrected chi connectivity index (χ3v) is 6.90. The molecule has 0 fully saturated rings. The normalized spacial score (nSPS) is 10.7. The molecule has 1 heterocycles. The molecule has 0 unspecified atom stereocenters. The lowest BCUT2D eigenvalue weighted by atomic mass is 9.92. The molecule has 3 N–H and O–H groups in total. The Morgan fingerprint density at radius 3 is 2.34 bits per heavy atom. The van der Waals surface area contributed by atoms with Crippen molar-refractivity contribution in [3.8, 4) is 40.1 Å². The number of carbonyl (C=O) groups excluding carboxylic acids is 1. The van der Waals surface area contributed by atoms with Gasteiger partial charge in [-0.1, -0.05) is 24.3 Å². The molecule has 0 aliphatic carbocycles. The highest BCUT2D eigenvalue weighted by atomic mass is 16.5. The fourth-order valence-electron chi connectivity index (χ4n) is 4.89. The number of hydrogen-bond acceptors (Lipinski definition) is 9. The van der Waals surface area contributed by atoms with Gasteiger partial charge in [-0.3, -0.25) is 4.79 Å². The number of oxazole rings is 1. The van der Waals surface area contributed by atoms with Gasteiger partial charge >= 0.3 is 0 Å². The Labute approximate surface area is 236 Å². The summed E-state index contributed by atoms with van der Waals surface area (Å²) >= 11 is 0. The summed E-state index contributed by atoms with van der Waals surface area (Å²) in [6, 6.07) is 20.2. The lowest BCUT2D eigenvalue weighted by Crippen LogP contribution is -2.01. The van der Waals surface area contributed by atoms with Crippen LogP contribution in [0.25, 0.3) is 33.7 Å². The Morgan fingerprint density at radius 2 is 1.71 bits per heavy atom. The number of anilines is 2. The van der Waals surface area contributed by atoms with Crippen LogP contribution in [0.1, 0.15) is 32.6 Å². The summed E-state index contributed by atoms with van der Waals surface area (Å²) < 4.78 is 16.8. The summed E-state index contributed by atoms with van der Waals surface area (Å²) in [7, 11) is 2.96. The third-order valence-electron chi connectivity index (χ3n) is 6.90. The van der Waals surface area contributed by atoms with Crippen molar-refractivity contribution in [2.24, 2.45) is 0 Å². The van der Waals surface area contributed by atoms with Crippen molar-refractivity contribution in [3.63, 3.8) is 0 Å². The highest BCUT2D eigenvalue weighted by Crippen LogP contribution is 2.38. The van der Waals surface area contributed by atoms with Gasteiger partial charge in [-0.05, 0) is 53.4 Å². The lowest BCUT2D eigenvalue weighted by Gasteiger charge is -2.17. The summed E-state index contributed by atoms with van der Waals surface area (Å²) in [5.74, 6) is 1.08. The average molecular weight is 547 g/mol. The Hall–Kier alpha value is -5.46. The van der Waals surface area contributed by atoms with Gasteiger partial charge in [0.05, 0.1) is 32.0 Å². The van der Waals surface area contributed by atoms with Crippen LogP contribution in [0.3, 0.4) is 0 Å². The highest BCUT2D eigenvalue weighted by molar-refractivity contribution is 5.98. The van der Waals surface area contributed by atoms with Crippen LogP contribution in [0.15, 0.2) is 65.1 Å². The van der Waals surface area contributed by atoms with Crippen molar-refractivity contribution >= 4 is 35.0 Å². The summed E-state index contributed by atoms with van der Waals surface area (Å²) in [5, 5.41) is 30.7. The van der Waals surface area contributed by atoms with Crippen LogP contribution < -0.4 is 14.8 Å². The van der Waals surface area contributed by atoms with Gasteiger partial charge in [0.25, 0.3) is 0 Å². The molecule has 0 radical (unpaired) electrons. The topological polar surface area (TPSA) is 141 Å². The van der Waals surface area contributed by atoms with E-state index < -0.39 is 0 Å². The van der Waals surface area contributed by atoms with Gasteiger partial charge in [0.2, 0.25) is 5.89 Å². The number of benzene rings is 4. The Balaban J connectivity index is 1.59. The maximum absolute atomic E-state index is 11.6. The van der Waals surface area contributed by atoms with Gasteiger partial charge in [0.15, 0.2) is 11.9 Å². The molecule has 9 heteroatoms. The van der Waals surface area contributed by atoms with Crippen LogP contribution in [0.2, 0.25) is 0 Å². The Kier molecular flexibility index (Phi) is 7.50. The Bertz CT molecular complexity index is 1830. The monoisotopic (exact) mass is 546 g/mol. The number of nitrogens with zero attached hydrogens (tertiary/aromatic N) is 2. The van der Waals surface area contributed by atoms with Crippen molar-refractivity contribution in [1.29, 1.82) is 10.7 Å². The van der Waals surface area contributed by atoms with Crippen LogP contribution in [0, 0.1) is 23.7 Å². The lowest BCUT2D eigenvalue weighted by molar-refractivity contribution is 0.111. The first-order valence-electron chi connectivity index (χ1n) is 12.6. The number of ether oxygens (including phenoxy) is 2. The summed E-state index contributed by atoms with van der Waals surface area (Å²) in [6.45, 7) is 1.74. The second-order valence-corrected chi connectivity index (χ2v) is 9.21. The number of rotatable bonds is 9. The molecule has 0 saturated carbocycles. The number of methoxy groups -OCH3 is 2. The molecule has 0 bridgehead atoms. The molecule has 1 aromatic heterocycles. The number of nitriles is 1. The number of aromatic nitrogens is 1. The molecule has 0 aliphatic rings. The van der Waals surface area contributed by atoms with E-state index in [1.165, 1.54) is 20.4 Å². The zero-order valence-corrected chi connectivity index (χ0v) is 22.6. The first-order valence-corrected chi connectivity index (χ1v) is 12.6. The molecule has 4 aromatic carbocycles. The maximum Gasteiger partial charge on any atom is 0.227 e. The molecule has 0 spiro atoms. The van der Waals surface area contributed by atoms with Gasteiger partial charge in [-0.15, -0.1) is 0 Å². The predicted octanol–water partition coefficient (Wildman–Crippen LogP) is 6.41. The average Bonchev–Trinajstić information content (AvgIpc) is 3.44. The first kappa shape index (κ1) is 27.1. The second kappa shape index (κ2) is 11.3. The van der Waals surface area contributed by atoms with Crippen molar-refractivity contribution in [1.82, 2.24) is 4.98 Å². The fraction of sp³-hybridized carbons (Fsp3) is 0.125. The number of aliphatic hydroxyl groups is 1. The van der Waals surface area contributed by atoms with E-state index in [9.17, 15) is 15.2 Å². The summed E-state index contributed by atoms with van der Waals surface area (Å²) in [4.78, 5) is 16.2. The summed E-state index contributed by atoms with van der Waals surface area (Å²) in [6.07, 6.45) is 1.97. The quantitative estimate of drug-likeness (QED) is 0.142. The first-order chi connectivity index (χ1) is 20.0. The molecule has 9 nitrogen and oxygen atoms in total. The SMILES string of the molecule is COc1cc(Nc2cccc(-c3cccc(-c4nc5cc(CO)cc(C#N)c5o4)c3C)c2C=N)cc(OC)c1C=O. The zero-order chi connectivity index (χ0) is 29.1. The van der Waals surface area contributed by atoms with Crippen LogP contribution in [0.4, 0.5) is 11.4 Å². The van der Waals surface area contributed by atoms with E-state index in [4.69, 9.17) is 19.3 Å². The minimum Gasteiger partial charge on any atom is -0.496 e. The molecule has 204 valence electrons. The van der Waals surface area contributed by atoms with E-state index in [0.717, 1.165) is 22.3 Å². The number of hydrogen-bond donors (Lipinski definition) is 3. The van der Waals surface area contributed by atoms with Gasteiger partial charge < -0.3 is 29.7 Å². The van der Waals surface area contributed by atoms with Crippen molar-refractivity contribution < 1.29 is 23.8 Å². The largest absolute Gasteiger partial charge is 0.496 e. The molecule has 0 amide bonds. The van der Waals surface area contributed by atoms with E-state index in [0.29, 0.717) is 68.4 Å². The third kappa shape index (κ3) is 4.88. The van der Waals surface area contributed by atoms with Gasteiger partial charge in [-0.25, -0.2) is 4.98 Å². The zero-order valence-electron chi connectivity index (χ0n) is 22.6. The van der Waals surface area contributed by atoms with E-state index >= 15 is 0 Å². The van der Waals surface area contributed by atoms with Crippen molar-refractivity contribution in [2.45, 2.75) is 13.5 Å². The molecule has 41 heavy (non-hydrogen) atoms. The number of aliphatic hydroxyl groups excluding tert-OH is 1. The standard InChI is InChI=1S/C32H26N4O5/c1-18-22(6-4-7-23(18)32-36-28-11-19(16-37)10-20(14-33)31(28)41-32)24-8-5-9-27(25(24)15-34)35-21-12-29(39-2)26(17-38)30(13-21)40-3/h4-13,15,17,34-35,37H,16H2,1-3H3. The minimum atomic E-state index is -0.209. The molecular formula is C32H26N4O5. The number of aldehydes is 1. The Morgan fingerprint density at radius 1 is 1.02 bits per heavy atom. The summed E-state index contributed by atoms with van der Waals surface area (Å²) in [5.41, 5.74) is 7.27. The van der Waals surface area contributed by atoms with Gasteiger partial charge in [0.1, 0.15) is 23.1 Å². The maximum atomic E-state index is 11.6. The van der Waals surface area contributed by atoms with E-state index in [-0.39, 0.29) is 6.61 Å². The van der Waals surface area contributed by atoms with Crippen molar-refractivity contribution in [2.75, 3.05) is 19.5 Å². The van der Waals surface area contributed by atoms with Gasteiger partial charge in [-0.2, -0.15) is 5.26 Å². The fourth-order valence-corrected chi connectivity index (χ4v) is 4.89. The van der Waals surface area contributed by atoms with Gasteiger partial charge in [0, 0.05) is 40.8 Å². The minimum absolute atomic E-state index is 0.209. The van der Waals surface area contributed by atoms with Crippen LogP contribution >= 0.6 is 0 Å². The second-order valence-electron chi connectivity index (χ2n) is 9.21. The van der Waals surface area contributed by atoms with E-state index in [1.807, 2.05) is 43.3 Å². The number of carbonyl (C=O) groups is 1. The van der Waals surface area contributed by atoms with E-state index in [2.05, 4.69) is 16.4 Å². The molecule has 0 saturated heterocycles. The predicted molar refractivity (Wildman–Crippen MR) is 156 cm³/mol. The molecule has 0 atom stereocenters.